The van der Waals surface area contributed by atoms with Crippen molar-refractivity contribution in [1.29, 1.82) is 0 Å². The molecule has 1 aliphatic carbocycles. The third-order valence-corrected chi connectivity index (χ3v) is 6.97. The normalized spacial score (nSPS) is 14.6. The van der Waals surface area contributed by atoms with E-state index in [1.165, 1.54) is 12.1 Å². The van der Waals surface area contributed by atoms with Crippen molar-refractivity contribution >= 4 is 15.8 Å². The molecule has 0 aliphatic heterocycles. The van der Waals surface area contributed by atoms with E-state index < -0.39 is 10.0 Å². The molecule has 6 nitrogen and oxygen atoms in total. The Bertz CT molecular complexity index is 1100. The highest BCUT2D eigenvalue weighted by molar-refractivity contribution is 7.89. The summed E-state index contributed by atoms with van der Waals surface area (Å²) in [5.74, 6) is 0.358. The summed E-state index contributed by atoms with van der Waals surface area (Å²) < 4.78 is 40.8. The van der Waals surface area contributed by atoms with Gasteiger partial charge in [-0.25, -0.2) is 17.5 Å². The molecule has 1 saturated carbocycles. The zero-order chi connectivity index (χ0) is 21.7. The van der Waals surface area contributed by atoms with Crippen LogP contribution in [0.4, 0.5) is 10.2 Å². The molecule has 0 bridgehead atoms. The maximum atomic E-state index is 13.0. The fourth-order valence-electron chi connectivity index (χ4n) is 3.70. The Hall–Kier alpha value is -2.84. The average molecular weight is 441 g/mol. The molecule has 0 amide bonds. The smallest absolute Gasteiger partial charge is 0.240 e. The van der Waals surface area contributed by atoms with Crippen LogP contribution in [0, 0.1) is 5.82 Å². The van der Waals surface area contributed by atoms with Gasteiger partial charge in [0.15, 0.2) is 0 Å². The third kappa shape index (κ3) is 5.65. The van der Waals surface area contributed by atoms with Gasteiger partial charge in [0.05, 0.1) is 10.6 Å². The molecule has 162 valence electrons. The van der Waals surface area contributed by atoms with Gasteiger partial charge in [-0.05, 0) is 73.4 Å². The third-order valence-electron chi connectivity index (χ3n) is 5.43. The van der Waals surface area contributed by atoms with E-state index in [1.807, 2.05) is 24.3 Å². The molecule has 4 rings (SSSR count). The maximum Gasteiger partial charge on any atom is 0.240 e. The molecular weight excluding hydrogens is 415 g/mol. The molecule has 2 aromatic carbocycles. The van der Waals surface area contributed by atoms with Crippen LogP contribution in [0.5, 0.6) is 0 Å². The number of hydrogen-bond donors (Lipinski definition) is 2. The molecule has 0 spiro atoms. The lowest BCUT2D eigenvalue weighted by Crippen LogP contribution is -2.32. The number of halogens is 1. The topological polar surface area (TPSA) is 84.0 Å². The van der Waals surface area contributed by atoms with E-state index in [2.05, 4.69) is 20.2 Å². The fraction of sp³-hybridized carbons (Fsp3) is 0.304. The van der Waals surface area contributed by atoms with E-state index in [4.69, 9.17) is 0 Å². The predicted octanol–water partition coefficient (Wildman–Crippen LogP) is 4.16. The van der Waals surface area contributed by atoms with Gasteiger partial charge in [-0.1, -0.05) is 25.0 Å². The molecule has 1 aromatic heterocycles. The standard InChI is InChI=1S/C23H25FN4O2S/c24-19-9-7-18(8-10-19)22-13-14-23(27-26-22)25-16-15-17-5-11-21(12-6-17)31(29,30)28-20-3-1-2-4-20/h5-14,20,28H,1-4,15-16H2,(H,25,27). The predicted molar refractivity (Wildman–Crippen MR) is 119 cm³/mol. The van der Waals surface area contributed by atoms with Crippen LogP contribution in [0.15, 0.2) is 65.6 Å². The summed E-state index contributed by atoms with van der Waals surface area (Å²) in [6, 6.07) is 16.8. The lowest BCUT2D eigenvalue weighted by atomic mass is 10.1. The van der Waals surface area contributed by atoms with Gasteiger partial charge in [0.25, 0.3) is 0 Å². The molecular formula is C23H25FN4O2S. The van der Waals surface area contributed by atoms with Crippen LogP contribution in [0.1, 0.15) is 31.2 Å². The first-order valence-electron chi connectivity index (χ1n) is 10.4. The largest absolute Gasteiger partial charge is 0.368 e. The SMILES string of the molecule is O=S(=O)(NC1CCCC1)c1ccc(CCNc2ccc(-c3ccc(F)cc3)nn2)cc1. The Kier molecular flexibility index (Phi) is 6.58. The number of rotatable bonds is 8. The van der Waals surface area contributed by atoms with Gasteiger partial charge in [0.2, 0.25) is 10.0 Å². The van der Waals surface area contributed by atoms with Crippen molar-refractivity contribution in [3.05, 3.63) is 72.0 Å². The van der Waals surface area contributed by atoms with Crippen molar-refractivity contribution in [2.45, 2.75) is 43.0 Å². The van der Waals surface area contributed by atoms with Gasteiger partial charge in [-0.15, -0.1) is 10.2 Å². The molecule has 8 heteroatoms. The van der Waals surface area contributed by atoms with E-state index >= 15 is 0 Å². The summed E-state index contributed by atoms with van der Waals surface area (Å²) in [7, 11) is -3.46. The van der Waals surface area contributed by atoms with Crippen molar-refractivity contribution in [3.63, 3.8) is 0 Å². The molecule has 0 unspecified atom stereocenters. The Balaban J connectivity index is 1.29. The molecule has 1 heterocycles. The second-order valence-corrected chi connectivity index (χ2v) is 9.45. The number of nitrogens with one attached hydrogen (secondary N) is 2. The summed E-state index contributed by atoms with van der Waals surface area (Å²) in [4.78, 5) is 0.304. The summed E-state index contributed by atoms with van der Waals surface area (Å²) in [6.45, 7) is 0.636. The van der Waals surface area contributed by atoms with E-state index in [1.54, 1.807) is 24.3 Å². The molecule has 3 aromatic rings. The lowest BCUT2D eigenvalue weighted by Gasteiger charge is -2.13. The number of benzene rings is 2. The van der Waals surface area contributed by atoms with Crippen molar-refractivity contribution in [3.8, 4) is 11.3 Å². The van der Waals surface area contributed by atoms with Crippen LogP contribution in [0.3, 0.4) is 0 Å². The van der Waals surface area contributed by atoms with Gasteiger partial charge in [0, 0.05) is 18.2 Å². The molecule has 31 heavy (non-hydrogen) atoms. The van der Waals surface area contributed by atoms with E-state index in [-0.39, 0.29) is 11.9 Å². The van der Waals surface area contributed by atoms with Crippen molar-refractivity contribution < 1.29 is 12.8 Å². The van der Waals surface area contributed by atoms with Crippen LogP contribution in [0.25, 0.3) is 11.3 Å². The van der Waals surface area contributed by atoms with Crippen LogP contribution in [-0.2, 0) is 16.4 Å². The summed E-state index contributed by atoms with van der Waals surface area (Å²) >= 11 is 0. The van der Waals surface area contributed by atoms with Crippen LogP contribution in [0.2, 0.25) is 0 Å². The highest BCUT2D eigenvalue weighted by Gasteiger charge is 2.22. The zero-order valence-electron chi connectivity index (χ0n) is 17.1. The molecule has 1 aliphatic rings. The minimum absolute atomic E-state index is 0.0597. The lowest BCUT2D eigenvalue weighted by molar-refractivity contribution is 0.552. The maximum absolute atomic E-state index is 13.0. The number of nitrogens with zero attached hydrogens (tertiary/aromatic N) is 2. The zero-order valence-corrected chi connectivity index (χ0v) is 17.9. The quantitative estimate of drug-likeness (QED) is 0.550. The number of sulfonamides is 1. The number of anilines is 1. The Labute approximate surface area is 182 Å². The minimum Gasteiger partial charge on any atom is -0.368 e. The van der Waals surface area contributed by atoms with Crippen molar-refractivity contribution in [2.24, 2.45) is 0 Å². The van der Waals surface area contributed by atoms with Gasteiger partial charge in [0.1, 0.15) is 11.6 Å². The van der Waals surface area contributed by atoms with Gasteiger partial charge in [-0.3, -0.25) is 0 Å². The second-order valence-electron chi connectivity index (χ2n) is 7.73. The Morgan fingerprint density at radius 3 is 2.26 bits per heavy atom. The monoisotopic (exact) mass is 440 g/mol. The molecule has 1 fully saturated rings. The van der Waals surface area contributed by atoms with Gasteiger partial charge >= 0.3 is 0 Å². The molecule has 0 radical (unpaired) electrons. The van der Waals surface area contributed by atoms with Crippen LogP contribution < -0.4 is 10.0 Å². The first-order chi connectivity index (χ1) is 15.0. The van der Waals surface area contributed by atoms with Crippen molar-refractivity contribution in [1.82, 2.24) is 14.9 Å². The second kappa shape index (κ2) is 9.53. The number of aromatic nitrogens is 2. The Morgan fingerprint density at radius 2 is 1.61 bits per heavy atom. The first-order valence-corrected chi connectivity index (χ1v) is 11.9. The van der Waals surface area contributed by atoms with E-state index in [0.29, 0.717) is 23.0 Å². The van der Waals surface area contributed by atoms with E-state index in [9.17, 15) is 12.8 Å². The average Bonchev–Trinajstić information content (AvgIpc) is 3.28. The van der Waals surface area contributed by atoms with Crippen molar-refractivity contribution in [2.75, 3.05) is 11.9 Å². The number of hydrogen-bond acceptors (Lipinski definition) is 5. The summed E-state index contributed by atoms with van der Waals surface area (Å²) in [5.41, 5.74) is 2.51. The van der Waals surface area contributed by atoms with Crippen LogP contribution in [-0.4, -0.2) is 31.2 Å². The van der Waals surface area contributed by atoms with E-state index in [0.717, 1.165) is 43.2 Å². The molecule has 0 atom stereocenters. The van der Waals surface area contributed by atoms with Gasteiger partial charge < -0.3 is 5.32 Å². The first kappa shape index (κ1) is 21.4. The fourth-order valence-corrected chi connectivity index (χ4v) is 5.01. The molecule has 2 N–H and O–H groups in total. The summed E-state index contributed by atoms with van der Waals surface area (Å²) in [6.07, 6.45) is 4.71. The summed E-state index contributed by atoms with van der Waals surface area (Å²) in [5, 5.41) is 11.5. The highest BCUT2D eigenvalue weighted by atomic mass is 32.2. The Morgan fingerprint density at radius 1 is 0.903 bits per heavy atom. The van der Waals surface area contributed by atoms with Gasteiger partial charge in [-0.2, -0.15) is 0 Å². The minimum atomic E-state index is -3.46. The highest BCUT2D eigenvalue weighted by Crippen LogP contribution is 2.21. The van der Waals surface area contributed by atoms with Crippen LogP contribution >= 0.6 is 0 Å². The molecule has 0 saturated heterocycles.